The van der Waals surface area contributed by atoms with Gasteiger partial charge in [0, 0.05) is 88.5 Å². The van der Waals surface area contributed by atoms with E-state index in [1.54, 1.807) is 48.1 Å². The Labute approximate surface area is 402 Å². The summed E-state index contributed by atoms with van der Waals surface area (Å²) in [5.74, 6) is 0.387. The molecule has 2 aliphatic rings. The van der Waals surface area contributed by atoms with Gasteiger partial charge in [0.2, 0.25) is 17.3 Å². The summed E-state index contributed by atoms with van der Waals surface area (Å²) in [6.07, 6.45) is 11.0. The second kappa shape index (κ2) is 20.6. The van der Waals surface area contributed by atoms with Crippen molar-refractivity contribution in [3.63, 3.8) is 0 Å². The Hall–Kier alpha value is -7.60. The van der Waals surface area contributed by atoms with Crippen LogP contribution in [0.25, 0.3) is 90.2 Å². The van der Waals surface area contributed by atoms with Gasteiger partial charge in [0.25, 0.3) is 5.89 Å². The molecular weight excluding hydrogens is 923 g/mol. The van der Waals surface area contributed by atoms with Crippen LogP contribution in [0.3, 0.4) is 0 Å². The smallest absolute Gasteiger partial charge is 0.263 e. The van der Waals surface area contributed by atoms with E-state index < -0.39 is 16.7 Å². The minimum atomic E-state index is -2.32. The lowest BCUT2D eigenvalue weighted by atomic mass is 9.97. The van der Waals surface area contributed by atoms with Crippen molar-refractivity contribution >= 4 is 33.0 Å². The summed E-state index contributed by atoms with van der Waals surface area (Å²) in [4.78, 5) is 21.8. The highest BCUT2D eigenvalue weighted by Crippen LogP contribution is 2.39. The van der Waals surface area contributed by atoms with Gasteiger partial charge >= 0.3 is 0 Å². The third-order valence-corrected chi connectivity index (χ3v) is 13.1. The van der Waals surface area contributed by atoms with Crippen molar-refractivity contribution in [3.05, 3.63) is 140 Å². The van der Waals surface area contributed by atoms with Gasteiger partial charge < -0.3 is 13.3 Å². The molecule has 13 nitrogen and oxygen atoms in total. The first kappa shape index (κ1) is 47.5. The van der Waals surface area contributed by atoms with Crippen LogP contribution in [0.15, 0.2) is 135 Å². The Morgan fingerprint density at radius 1 is 0.629 bits per heavy atom. The van der Waals surface area contributed by atoms with Crippen molar-refractivity contribution in [2.24, 2.45) is 7.05 Å². The monoisotopic (exact) mass is 969 g/mol. The summed E-state index contributed by atoms with van der Waals surface area (Å²) >= 11 is 0. The van der Waals surface area contributed by atoms with Crippen molar-refractivity contribution < 1.29 is 35.0 Å². The standard InChI is InChI=1S/C22H16FN5O3S.C22H15FN4O.C6H10F2.C2H6/c1-12-7-24-22(30-12)18-6-16-20(25-11-26-21(16)31-18)17-8-28(15-9-32(29)10-15)27-19(17)13-2-4-14(23)5-3-13;1-27-12-18(20(26-27)15-7-9-16(23)10-8-15)21-17-11-19(14-5-3-2-4-6-14)28-22(17)25-13-24-21;7-6(8)4-2-1-3-5-6;1-2/h2-8,11,15H,9-10H2,1H3;2-13H,1H3;1-5H2;1-2H3. The second-order valence-electron chi connectivity index (χ2n) is 16.5. The molecule has 0 spiro atoms. The molecular formula is C52H47F4N9O4S. The van der Waals surface area contributed by atoms with Crippen molar-refractivity contribution in [2.75, 3.05) is 11.5 Å². The van der Waals surface area contributed by atoms with E-state index in [-0.39, 0.29) is 30.5 Å². The first-order valence-corrected chi connectivity index (χ1v) is 24.3. The third-order valence-electron chi connectivity index (χ3n) is 11.6. The average Bonchev–Trinajstić information content (AvgIpc) is 4.22. The lowest BCUT2D eigenvalue weighted by Crippen LogP contribution is -2.33. The number of rotatable bonds is 7. The number of aromatic nitrogens is 9. The van der Waals surface area contributed by atoms with Gasteiger partial charge in [0.1, 0.15) is 47.2 Å². The zero-order valence-corrected chi connectivity index (χ0v) is 39.5. The fraction of sp³-hybridized carbons (Fsp3) is 0.250. The van der Waals surface area contributed by atoms with Crippen LogP contribution in [-0.4, -0.2) is 66.1 Å². The minimum absolute atomic E-state index is 0.0521. The summed E-state index contributed by atoms with van der Waals surface area (Å²) in [5.41, 5.74) is 7.75. The number of halogens is 4. The molecule has 0 unspecified atom stereocenters. The number of nitrogens with zero attached hydrogens (tertiary/aromatic N) is 9. The van der Waals surface area contributed by atoms with Crippen LogP contribution < -0.4 is 0 Å². The third kappa shape index (κ3) is 10.4. The molecule has 0 radical (unpaired) electrons. The predicted molar refractivity (Wildman–Crippen MR) is 260 cm³/mol. The van der Waals surface area contributed by atoms with Crippen molar-refractivity contribution in [3.8, 4) is 68.0 Å². The lowest BCUT2D eigenvalue weighted by Gasteiger charge is -2.24. The highest BCUT2D eigenvalue weighted by molar-refractivity contribution is 7.86. The number of hydrogen-bond donors (Lipinski definition) is 0. The Morgan fingerprint density at radius 3 is 1.70 bits per heavy atom. The van der Waals surface area contributed by atoms with E-state index in [1.807, 2.05) is 74.4 Å². The minimum Gasteiger partial charge on any atom is -0.439 e. The molecule has 1 aliphatic heterocycles. The van der Waals surface area contributed by atoms with Gasteiger partial charge in [0.05, 0.1) is 34.4 Å². The summed E-state index contributed by atoms with van der Waals surface area (Å²) in [6, 6.07) is 26.1. The number of aryl methyl sites for hydroxylation is 2. The number of alkyl halides is 2. The maximum atomic E-state index is 13.5. The molecule has 3 aromatic carbocycles. The lowest BCUT2D eigenvalue weighted by molar-refractivity contribution is -0.0337. The average molecular weight is 970 g/mol. The van der Waals surface area contributed by atoms with E-state index in [9.17, 15) is 21.8 Å². The van der Waals surface area contributed by atoms with Gasteiger partial charge in [-0.25, -0.2) is 42.5 Å². The summed E-state index contributed by atoms with van der Waals surface area (Å²) < 4.78 is 83.9. The first-order valence-electron chi connectivity index (χ1n) is 22.8. The van der Waals surface area contributed by atoms with Crippen LogP contribution in [0.2, 0.25) is 0 Å². The topological polar surface area (TPSA) is 157 Å². The Morgan fingerprint density at radius 2 is 1.17 bits per heavy atom. The van der Waals surface area contributed by atoms with E-state index in [0.717, 1.165) is 56.8 Å². The van der Waals surface area contributed by atoms with Gasteiger partial charge in [0.15, 0.2) is 5.76 Å². The van der Waals surface area contributed by atoms with Gasteiger partial charge in [-0.05, 0) is 74.4 Å². The molecule has 0 bridgehead atoms. The van der Waals surface area contributed by atoms with E-state index in [0.29, 0.717) is 70.0 Å². The normalized spacial score (nSPS) is 16.1. The number of fused-ring (bicyclic) bond motifs is 2. The van der Waals surface area contributed by atoms with Crippen LogP contribution >= 0.6 is 0 Å². The SMILES string of the molecule is CC.Cc1cnc(-c2cc3c(-c4cn(C5CS(=O)C5)nc4-c4ccc(F)cc4)ncnc3o2)o1.Cn1cc(-c2ncnc3oc(-c4ccccc4)cc23)c(-c2ccc(F)cc2)n1.FC1(F)CCCCC1. The van der Waals surface area contributed by atoms with Crippen LogP contribution in [-0.2, 0) is 17.8 Å². The molecule has 0 N–H and O–H groups in total. The van der Waals surface area contributed by atoms with E-state index in [2.05, 4.69) is 30.0 Å². The number of furan rings is 2. The van der Waals surface area contributed by atoms with Crippen molar-refractivity contribution in [1.82, 2.24) is 44.5 Å². The molecule has 8 heterocycles. The molecule has 10 aromatic rings. The van der Waals surface area contributed by atoms with E-state index in [4.69, 9.17) is 18.4 Å². The molecule has 0 amide bonds. The van der Waals surface area contributed by atoms with Gasteiger partial charge in [-0.15, -0.1) is 0 Å². The second-order valence-corrected chi connectivity index (χ2v) is 18.1. The summed E-state index contributed by atoms with van der Waals surface area (Å²) in [6.45, 7) is 5.81. The highest BCUT2D eigenvalue weighted by Gasteiger charge is 2.31. The molecule has 358 valence electrons. The fourth-order valence-corrected chi connectivity index (χ4v) is 9.18. The highest BCUT2D eigenvalue weighted by atomic mass is 32.2. The molecule has 70 heavy (non-hydrogen) atoms. The van der Waals surface area contributed by atoms with Crippen LogP contribution in [0.4, 0.5) is 17.6 Å². The maximum Gasteiger partial charge on any atom is 0.263 e. The Kier molecular flexibility index (Phi) is 13.9. The summed E-state index contributed by atoms with van der Waals surface area (Å²) in [7, 11) is 1.03. The van der Waals surface area contributed by atoms with Gasteiger partial charge in [-0.1, -0.05) is 50.6 Å². The molecule has 7 aromatic heterocycles. The van der Waals surface area contributed by atoms with Gasteiger partial charge in [-0.3, -0.25) is 13.6 Å². The molecule has 1 saturated heterocycles. The van der Waals surface area contributed by atoms with Crippen molar-refractivity contribution in [2.45, 2.75) is 64.8 Å². The van der Waals surface area contributed by atoms with Crippen LogP contribution in [0, 0.1) is 18.6 Å². The quantitative estimate of drug-likeness (QED) is 0.140. The predicted octanol–water partition coefficient (Wildman–Crippen LogP) is 12.9. The zero-order chi connectivity index (χ0) is 48.9. The summed E-state index contributed by atoms with van der Waals surface area (Å²) in [5, 5.41) is 10.8. The molecule has 1 saturated carbocycles. The van der Waals surface area contributed by atoms with E-state index in [1.165, 1.54) is 36.9 Å². The first-order chi connectivity index (χ1) is 33.9. The molecule has 1 aliphatic carbocycles. The molecule has 2 fully saturated rings. The molecule has 0 atom stereocenters. The number of hydrogen-bond acceptors (Lipinski definition) is 11. The van der Waals surface area contributed by atoms with E-state index >= 15 is 0 Å². The Balaban J connectivity index is 0.000000147. The maximum absolute atomic E-state index is 13.5. The number of oxazole rings is 1. The molecule has 18 heteroatoms. The Bertz CT molecular complexity index is 3390. The van der Waals surface area contributed by atoms with Crippen LogP contribution in [0.1, 0.15) is 57.8 Å². The fourth-order valence-electron chi connectivity index (χ4n) is 8.12. The number of benzene rings is 3. The zero-order valence-electron chi connectivity index (χ0n) is 38.7. The molecule has 12 rings (SSSR count). The van der Waals surface area contributed by atoms with Crippen molar-refractivity contribution in [1.29, 1.82) is 0 Å². The van der Waals surface area contributed by atoms with Crippen LogP contribution in [0.5, 0.6) is 0 Å². The largest absolute Gasteiger partial charge is 0.439 e. The van der Waals surface area contributed by atoms with Gasteiger partial charge in [-0.2, -0.15) is 10.2 Å².